The van der Waals surface area contributed by atoms with E-state index in [2.05, 4.69) is 0 Å². The Morgan fingerprint density at radius 2 is 0.900 bits per heavy atom. The van der Waals surface area contributed by atoms with Gasteiger partial charge in [-0.3, -0.25) is 8.42 Å². The van der Waals surface area contributed by atoms with Gasteiger partial charge in [-0.05, 0) is 0 Å². The molecule has 4 nitrogen and oxygen atoms in total. The summed E-state index contributed by atoms with van der Waals surface area (Å²) in [6.07, 6.45) is 0. The van der Waals surface area contributed by atoms with Gasteiger partial charge in [-0.15, -0.1) is 0 Å². The zero-order valence-corrected chi connectivity index (χ0v) is 12.5. The second-order valence-corrected chi connectivity index (χ2v) is 1.22. The molecule has 0 aromatic rings. The quantitative estimate of drug-likeness (QED) is 0.251. The minimum Gasteiger partial charge on any atom is -1.00 e. The third-order valence-corrected chi connectivity index (χ3v) is 0. The standard InChI is InChI=1S/2Ca.2ClH.H2O4S.H2S/c;;;;1-5(2,3)4;/h;;2*1H;(H2,1,2,3,4);1H2/q2*+2;;;;/p-4. The first-order valence-electron chi connectivity index (χ1n) is 0.667. The predicted octanol–water partition coefficient (Wildman–Crippen LogP) is -7.98. The number of halogens is 2. The van der Waals surface area contributed by atoms with Gasteiger partial charge in [-0.1, -0.05) is 0 Å². The minimum atomic E-state index is -5.17. The Kier molecular flexibility index (Phi) is 68.6. The molecule has 56 valence electrons. The van der Waals surface area contributed by atoms with Crippen molar-refractivity contribution in [2.75, 3.05) is 0 Å². The van der Waals surface area contributed by atoms with Crippen molar-refractivity contribution in [1.29, 1.82) is 0 Å². The van der Waals surface area contributed by atoms with Crippen LogP contribution in [0.15, 0.2) is 0 Å². The molecule has 0 aliphatic heterocycles. The van der Waals surface area contributed by atoms with Gasteiger partial charge in [0.1, 0.15) is 0 Å². The molecule has 0 fully saturated rings. The zero-order chi connectivity index (χ0) is 4.50. The van der Waals surface area contributed by atoms with Crippen molar-refractivity contribution < 1.29 is 42.3 Å². The van der Waals surface area contributed by atoms with E-state index >= 15 is 0 Å². The van der Waals surface area contributed by atoms with Crippen LogP contribution in [0.5, 0.6) is 0 Å². The summed E-state index contributed by atoms with van der Waals surface area (Å²) >= 11 is 0. The SMILES string of the molecule is O=S(=O)([O-])[O-].S.[Ca+2].[Ca+2].[Cl-].[Cl-]. The molecule has 0 amide bonds. The molecule has 0 aliphatic rings. The Hall–Kier alpha value is 3.32. The monoisotopic (exact) mass is 280 g/mol. The summed E-state index contributed by atoms with van der Waals surface area (Å²) in [6.45, 7) is 0. The molecule has 0 radical (unpaired) electrons. The van der Waals surface area contributed by atoms with Crippen molar-refractivity contribution in [3.63, 3.8) is 0 Å². The van der Waals surface area contributed by atoms with Crippen LogP contribution in [0.25, 0.3) is 0 Å². The fraction of sp³-hybridized carbons (Fsp3) is 0. The summed E-state index contributed by atoms with van der Waals surface area (Å²) in [5.74, 6) is 0. The topological polar surface area (TPSA) is 80.3 Å². The summed E-state index contributed by atoms with van der Waals surface area (Å²) in [5, 5.41) is 0. The van der Waals surface area contributed by atoms with Crippen LogP contribution in [0.4, 0.5) is 0 Å². The molecule has 0 aromatic heterocycles. The normalized spacial score (nSPS) is 5.80. The molecule has 0 aliphatic carbocycles. The average Bonchev–Trinajstić information content (AvgIpc) is 0.722. The number of rotatable bonds is 0. The van der Waals surface area contributed by atoms with E-state index < -0.39 is 10.4 Å². The van der Waals surface area contributed by atoms with Gasteiger partial charge in [0.05, 0.1) is 0 Å². The molecular weight excluding hydrogens is 279 g/mol. The van der Waals surface area contributed by atoms with E-state index in [-0.39, 0.29) is 114 Å². The van der Waals surface area contributed by atoms with E-state index in [1.165, 1.54) is 0 Å². The molecule has 0 spiro atoms. The molecule has 0 heterocycles. The second kappa shape index (κ2) is 18.2. The van der Waals surface area contributed by atoms with E-state index in [4.69, 9.17) is 17.5 Å². The smallest absolute Gasteiger partial charge is 1.00 e. The van der Waals surface area contributed by atoms with Crippen LogP contribution in [-0.4, -0.2) is 93.0 Å². The van der Waals surface area contributed by atoms with Crippen molar-refractivity contribution in [1.82, 2.24) is 0 Å². The maximum atomic E-state index is 8.52. The molecule has 0 N–H and O–H groups in total. The fourth-order valence-corrected chi connectivity index (χ4v) is 0. The maximum absolute atomic E-state index is 8.52. The third-order valence-electron chi connectivity index (χ3n) is 0. The van der Waals surface area contributed by atoms with Crippen LogP contribution >= 0.6 is 13.5 Å². The van der Waals surface area contributed by atoms with E-state index in [0.29, 0.717) is 0 Å². The fourth-order valence-electron chi connectivity index (χ4n) is 0. The molecule has 0 atom stereocenters. The van der Waals surface area contributed by atoms with Gasteiger partial charge >= 0.3 is 75.5 Å². The third kappa shape index (κ3) is 109. The van der Waals surface area contributed by atoms with Gasteiger partial charge in [0.2, 0.25) is 0 Å². The minimum absolute atomic E-state index is 0. The van der Waals surface area contributed by atoms with E-state index in [0.717, 1.165) is 0 Å². The molecule has 0 rings (SSSR count). The van der Waals surface area contributed by atoms with Crippen LogP contribution < -0.4 is 24.8 Å². The van der Waals surface area contributed by atoms with Gasteiger partial charge in [0, 0.05) is 10.4 Å². The summed E-state index contributed by atoms with van der Waals surface area (Å²) in [4.78, 5) is 0. The van der Waals surface area contributed by atoms with Crippen LogP contribution in [0, 0.1) is 0 Å². The van der Waals surface area contributed by atoms with Crippen LogP contribution in [0.2, 0.25) is 0 Å². The summed E-state index contributed by atoms with van der Waals surface area (Å²) < 4.78 is 34.1. The van der Waals surface area contributed by atoms with Crippen molar-refractivity contribution in [2.45, 2.75) is 0 Å². The van der Waals surface area contributed by atoms with E-state index in [1.807, 2.05) is 0 Å². The Bertz CT molecular complexity index is 102. The molecule has 10 heteroatoms. The largest absolute Gasteiger partial charge is 2.00 e. The Morgan fingerprint density at radius 1 is 0.900 bits per heavy atom. The van der Waals surface area contributed by atoms with Crippen molar-refractivity contribution in [2.24, 2.45) is 0 Å². The van der Waals surface area contributed by atoms with Crippen molar-refractivity contribution in [3.05, 3.63) is 0 Å². The van der Waals surface area contributed by atoms with Gasteiger partial charge in [0.25, 0.3) is 0 Å². The first-order chi connectivity index (χ1) is 2.00. The van der Waals surface area contributed by atoms with Gasteiger partial charge < -0.3 is 33.9 Å². The molecule has 0 saturated heterocycles. The number of hydrogen-bond acceptors (Lipinski definition) is 4. The molecular formula is H2Ca2Cl2O4S2. The van der Waals surface area contributed by atoms with Crippen LogP contribution in [-0.2, 0) is 10.4 Å². The average molecular weight is 281 g/mol. The first-order valence-corrected chi connectivity index (χ1v) is 2.00. The second-order valence-electron chi connectivity index (χ2n) is 0.408. The van der Waals surface area contributed by atoms with Gasteiger partial charge in [-0.2, -0.15) is 13.5 Å². The zero-order valence-electron chi connectivity index (χ0n) is 4.71. The number of hydrogen-bond donors (Lipinski definition) is 0. The molecule has 0 bridgehead atoms. The molecule has 0 saturated carbocycles. The van der Waals surface area contributed by atoms with E-state index in [1.54, 1.807) is 0 Å². The summed E-state index contributed by atoms with van der Waals surface area (Å²) in [5.41, 5.74) is 0. The van der Waals surface area contributed by atoms with E-state index in [9.17, 15) is 0 Å². The summed E-state index contributed by atoms with van der Waals surface area (Å²) in [6, 6.07) is 0. The van der Waals surface area contributed by atoms with Crippen LogP contribution in [0.3, 0.4) is 0 Å². The van der Waals surface area contributed by atoms with Crippen molar-refractivity contribution >= 4 is 99.4 Å². The molecule has 0 unspecified atom stereocenters. The van der Waals surface area contributed by atoms with Gasteiger partial charge in [-0.25, -0.2) is 0 Å². The first kappa shape index (κ1) is 37.7. The van der Waals surface area contributed by atoms with Gasteiger partial charge in [0.15, 0.2) is 0 Å². The maximum Gasteiger partial charge on any atom is 2.00 e. The Morgan fingerprint density at radius 3 is 0.900 bits per heavy atom. The van der Waals surface area contributed by atoms with Crippen LogP contribution in [0.1, 0.15) is 0 Å². The Balaban J connectivity index is -0.00000000800. The Labute approximate surface area is 139 Å². The molecule has 10 heavy (non-hydrogen) atoms. The predicted molar refractivity (Wildman–Crippen MR) is 32.4 cm³/mol. The molecule has 0 aromatic carbocycles. The van der Waals surface area contributed by atoms with Crippen molar-refractivity contribution in [3.8, 4) is 0 Å². The summed E-state index contributed by atoms with van der Waals surface area (Å²) in [7, 11) is -5.17.